The monoisotopic (exact) mass is 319 g/mol. The van der Waals surface area contributed by atoms with Crippen molar-refractivity contribution in [2.24, 2.45) is 0 Å². The van der Waals surface area contributed by atoms with E-state index in [0.717, 1.165) is 36.4 Å². The van der Waals surface area contributed by atoms with Gasteiger partial charge in [0.05, 0.1) is 11.0 Å². The van der Waals surface area contributed by atoms with Gasteiger partial charge in [0.15, 0.2) is 0 Å². The fourth-order valence-corrected chi connectivity index (χ4v) is 3.56. The van der Waals surface area contributed by atoms with E-state index >= 15 is 0 Å². The molecular formula is C20H21N3O. The van der Waals surface area contributed by atoms with E-state index in [4.69, 9.17) is 4.98 Å². The van der Waals surface area contributed by atoms with E-state index in [1.54, 1.807) is 0 Å². The quantitative estimate of drug-likeness (QED) is 0.740. The van der Waals surface area contributed by atoms with Crippen molar-refractivity contribution in [3.63, 3.8) is 0 Å². The number of imidazole rings is 1. The highest BCUT2D eigenvalue weighted by atomic mass is 16.2. The molecule has 2 aromatic carbocycles. The molecule has 0 spiro atoms. The number of likely N-dealkylation sites (tertiary alicyclic amines) is 1. The van der Waals surface area contributed by atoms with Gasteiger partial charge in [-0.25, -0.2) is 4.98 Å². The van der Waals surface area contributed by atoms with Gasteiger partial charge in [0.1, 0.15) is 5.82 Å². The first kappa shape index (κ1) is 14.9. The standard InChI is InChI=1S/C20H21N3O/c1-22-14-16(13-19(22)24)20-21-17-9-5-6-10-18(17)23(20)12-11-15-7-3-2-4-8-15/h2-10,16H,11-14H2,1H3/t16-/m1/s1. The number of benzene rings is 2. The fraction of sp³-hybridized carbons (Fsp3) is 0.300. The first-order valence-corrected chi connectivity index (χ1v) is 8.45. The maximum atomic E-state index is 12.0. The van der Waals surface area contributed by atoms with E-state index in [9.17, 15) is 4.79 Å². The molecule has 1 aromatic heterocycles. The molecule has 1 atom stereocenters. The Labute approximate surface area is 141 Å². The molecule has 4 nitrogen and oxygen atoms in total. The molecule has 0 N–H and O–H groups in total. The summed E-state index contributed by atoms with van der Waals surface area (Å²) in [4.78, 5) is 18.6. The van der Waals surface area contributed by atoms with Crippen LogP contribution in [0.3, 0.4) is 0 Å². The molecule has 0 radical (unpaired) electrons. The Balaban J connectivity index is 1.69. The third-order valence-electron chi connectivity index (χ3n) is 4.86. The first-order valence-electron chi connectivity index (χ1n) is 8.45. The number of likely N-dealkylation sites (N-methyl/N-ethyl adjacent to an activating group) is 1. The normalized spacial score (nSPS) is 17.8. The van der Waals surface area contributed by atoms with Crippen molar-refractivity contribution in [2.45, 2.75) is 25.3 Å². The number of aromatic nitrogens is 2. The van der Waals surface area contributed by atoms with Gasteiger partial charge < -0.3 is 9.47 Å². The lowest BCUT2D eigenvalue weighted by molar-refractivity contribution is -0.126. The van der Waals surface area contributed by atoms with Gasteiger partial charge in [-0.2, -0.15) is 0 Å². The molecule has 24 heavy (non-hydrogen) atoms. The second-order valence-electron chi connectivity index (χ2n) is 6.52. The Bertz CT molecular complexity index is 869. The Morgan fingerprint density at radius 3 is 2.58 bits per heavy atom. The Morgan fingerprint density at radius 1 is 1.08 bits per heavy atom. The molecule has 3 aromatic rings. The molecule has 1 aliphatic heterocycles. The second kappa shape index (κ2) is 6.11. The van der Waals surface area contributed by atoms with Gasteiger partial charge in [0, 0.05) is 32.5 Å². The molecule has 0 bridgehead atoms. The Hall–Kier alpha value is -2.62. The number of amides is 1. The van der Waals surface area contributed by atoms with Crippen LogP contribution in [0.15, 0.2) is 54.6 Å². The van der Waals surface area contributed by atoms with Gasteiger partial charge in [-0.05, 0) is 24.1 Å². The summed E-state index contributed by atoms with van der Waals surface area (Å²) in [5, 5.41) is 0. The number of rotatable bonds is 4. The number of para-hydroxylation sites is 2. The second-order valence-corrected chi connectivity index (χ2v) is 6.52. The zero-order valence-electron chi connectivity index (χ0n) is 13.9. The van der Waals surface area contributed by atoms with Crippen LogP contribution in [-0.2, 0) is 17.8 Å². The van der Waals surface area contributed by atoms with E-state index < -0.39 is 0 Å². The average Bonchev–Trinajstić information content (AvgIpc) is 3.14. The molecule has 0 saturated carbocycles. The average molecular weight is 319 g/mol. The van der Waals surface area contributed by atoms with Crippen LogP contribution in [0.4, 0.5) is 0 Å². The number of fused-ring (bicyclic) bond motifs is 1. The fourth-order valence-electron chi connectivity index (χ4n) is 3.56. The summed E-state index contributed by atoms with van der Waals surface area (Å²) in [5.74, 6) is 1.44. The van der Waals surface area contributed by atoms with Gasteiger partial charge in [0.25, 0.3) is 0 Å². The van der Waals surface area contributed by atoms with E-state index in [0.29, 0.717) is 6.42 Å². The zero-order chi connectivity index (χ0) is 16.5. The summed E-state index contributed by atoms with van der Waals surface area (Å²) in [5.41, 5.74) is 3.49. The highest BCUT2D eigenvalue weighted by molar-refractivity contribution is 5.80. The molecule has 4 heteroatoms. The number of hydrogen-bond donors (Lipinski definition) is 0. The first-order chi connectivity index (χ1) is 11.7. The SMILES string of the molecule is CN1C[C@H](c2nc3ccccc3n2CCc2ccccc2)CC1=O. The minimum absolute atomic E-state index is 0.186. The molecule has 122 valence electrons. The maximum Gasteiger partial charge on any atom is 0.223 e. The predicted molar refractivity (Wildman–Crippen MR) is 94.9 cm³/mol. The molecule has 0 unspecified atom stereocenters. The van der Waals surface area contributed by atoms with Crippen molar-refractivity contribution in [1.82, 2.24) is 14.5 Å². The van der Waals surface area contributed by atoms with Crippen LogP contribution in [0, 0.1) is 0 Å². The van der Waals surface area contributed by atoms with Gasteiger partial charge >= 0.3 is 0 Å². The predicted octanol–water partition coefficient (Wildman–Crippen LogP) is 3.22. The van der Waals surface area contributed by atoms with E-state index in [-0.39, 0.29) is 11.8 Å². The third-order valence-corrected chi connectivity index (χ3v) is 4.86. The number of carbonyl (C=O) groups is 1. The molecule has 2 heterocycles. The minimum atomic E-state index is 0.186. The van der Waals surface area contributed by atoms with Gasteiger partial charge in [0.2, 0.25) is 5.91 Å². The Kier molecular flexibility index (Phi) is 3.81. The van der Waals surface area contributed by atoms with Crippen LogP contribution >= 0.6 is 0 Å². The highest BCUT2D eigenvalue weighted by Crippen LogP contribution is 2.29. The lowest BCUT2D eigenvalue weighted by atomic mass is 10.1. The van der Waals surface area contributed by atoms with Crippen LogP contribution < -0.4 is 0 Å². The van der Waals surface area contributed by atoms with Crippen molar-refractivity contribution in [3.8, 4) is 0 Å². The summed E-state index contributed by atoms with van der Waals surface area (Å²) in [6.45, 7) is 1.64. The van der Waals surface area contributed by atoms with Gasteiger partial charge in [-0.1, -0.05) is 42.5 Å². The minimum Gasteiger partial charge on any atom is -0.345 e. The number of nitrogens with zero attached hydrogens (tertiary/aromatic N) is 3. The molecule has 1 aliphatic rings. The topological polar surface area (TPSA) is 38.1 Å². The summed E-state index contributed by atoms with van der Waals surface area (Å²) in [6, 6.07) is 18.8. The third kappa shape index (κ3) is 2.68. The zero-order valence-corrected chi connectivity index (χ0v) is 13.9. The van der Waals surface area contributed by atoms with E-state index in [2.05, 4.69) is 47.0 Å². The summed E-state index contributed by atoms with van der Waals surface area (Å²) >= 11 is 0. The van der Waals surface area contributed by atoms with Crippen molar-refractivity contribution >= 4 is 16.9 Å². The van der Waals surface area contributed by atoms with Crippen molar-refractivity contribution in [3.05, 3.63) is 66.0 Å². The number of hydrogen-bond acceptors (Lipinski definition) is 2. The van der Waals surface area contributed by atoms with Crippen LogP contribution in [0.5, 0.6) is 0 Å². The molecule has 0 aliphatic carbocycles. The molecule has 4 rings (SSSR count). The smallest absolute Gasteiger partial charge is 0.223 e. The largest absolute Gasteiger partial charge is 0.345 e. The van der Waals surface area contributed by atoms with Crippen molar-refractivity contribution in [2.75, 3.05) is 13.6 Å². The number of carbonyl (C=O) groups excluding carboxylic acids is 1. The maximum absolute atomic E-state index is 12.0. The number of aryl methyl sites for hydroxylation is 2. The van der Waals surface area contributed by atoms with E-state index in [1.807, 2.05) is 24.1 Å². The van der Waals surface area contributed by atoms with Crippen LogP contribution in [0.1, 0.15) is 23.7 Å². The summed E-state index contributed by atoms with van der Waals surface area (Å²) < 4.78 is 2.30. The highest BCUT2D eigenvalue weighted by Gasteiger charge is 2.31. The summed E-state index contributed by atoms with van der Waals surface area (Å²) in [7, 11) is 1.87. The van der Waals surface area contributed by atoms with Crippen LogP contribution in [0.2, 0.25) is 0 Å². The lowest BCUT2D eigenvalue weighted by Crippen LogP contribution is -2.19. The molecule has 1 fully saturated rings. The van der Waals surface area contributed by atoms with Crippen LogP contribution in [-0.4, -0.2) is 34.0 Å². The lowest BCUT2D eigenvalue weighted by Gasteiger charge is -2.14. The molecular weight excluding hydrogens is 298 g/mol. The molecule has 1 amide bonds. The van der Waals surface area contributed by atoms with Crippen molar-refractivity contribution < 1.29 is 4.79 Å². The van der Waals surface area contributed by atoms with Crippen molar-refractivity contribution in [1.29, 1.82) is 0 Å². The van der Waals surface area contributed by atoms with E-state index in [1.165, 1.54) is 5.56 Å². The van der Waals surface area contributed by atoms with Crippen LogP contribution in [0.25, 0.3) is 11.0 Å². The summed E-state index contributed by atoms with van der Waals surface area (Å²) in [6.07, 6.45) is 1.52. The van der Waals surface area contributed by atoms with Gasteiger partial charge in [-0.3, -0.25) is 4.79 Å². The molecule has 1 saturated heterocycles. The van der Waals surface area contributed by atoms with Gasteiger partial charge in [-0.15, -0.1) is 0 Å². The Morgan fingerprint density at radius 2 is 1.83 bits per heavy atom.